The second kappa shape index (κ2) is 12.3. The fourth-order valence-corrected chi connectivity index (χ4v) is 5.78. The van der Waals surface area contributed by atoms with Crippen LogP contribution in [0.5, 0.6) is 0 Å². The lowest BCUT2D eigenvalue weighted by Crippen LogP contribution is -2.36. The molecule has 0 radical (unpaired) electrons. The van der Waals surface area contributed by atoms with Gasteiger partial charge in [0.15, 0.2) is 12.0 Å². The first kappa shape index (κ1) is 29.3. The van der Waals surface area contributed by atoms with Crippen LogP contribution in [0.3, 0.4) is 0 Å². The molecule has 4 atom stereocenters. The van der Waals surface area contributed by atoms with E-state index in [1.54, 1.807) is 13.8 Å². The number of carbonyl (C=O) groups is 1. The zero-order valence-electron chi connectivity index (χ0n) is 22.8. The monoisotopic (exact) mass is 586 g/mol. The largest absolute Gasteiger partial charge is 0.475 e. The summed E-state index contributed by atoms with van der Waals surface area (Å²) < 4.78 is 55.2. The Bertz CT molecular complexity index is 1400. The van der Waals surface area contributed by atoms with Gasteiger partial charge in [-0.15, -0.1) is 0 Å². The molecular weight excluding hydrogens is 555 g/mol. The molecule has 0 spiro atoms. The molecule has 0 bridgehead atoms. The summed E-state index contributed by atoms with van der Waals surface area (Å²) in [5.74, 6) is -1.89. The number of aromatic nitrogens is 2. The third kappa shape index (κ3) is 6.82. The van der Waals surface area contributed by atoms with Crippen LogP contribution >= 0.6 is 7.82 Å². The molecule has 0 saturated carbocycles. The lowest BCUT2D eigenvalue weighted by Gasteiger charge is -2.26. The molecule has 3 heterocycles. The number of benzene rings is 2. The third-order valence-electron chi connectivity index (χ3n) is 6.51. The van der Waals surface area contributed by atoms with E-state index in [1.807, 2.05) is 60.7 Å². The number of esters is 1. The average molecular weight is 587 g/mol. The molecule has 2 fully saturated rings. The summed E-state index contributed by atoms with van der Waals surface area (Å²) in [4.78, 5) is 29.0. The van der Waals surface area contributed by atoms with Crippen LogP contribution in [0.2, 0.25) is 0 Å². The molecule has 2 aromatic carbocycles. The van der Waals surface area contributed by atoms with Crippen molar-refractivity contribution in [3.8, 4) is 0 Å². The number of hydrogen-bond donors (Lipinski definition) is 0. The Morgan fingerprint density at radius 1 is 0.951 bits per heavy atom. The van der Waals surface area contributed by atoms with Gasteiger partial charge in [0.05, 0.1) is 26.9 Å². The Morgan fingerprint density at radius 2 is 1.54 bits per heavy atom. The van der Waals surface area contributed by atoms with Crippen LogP contribution in [0.15, 0.2) is 77.9 Å². The number of ether oxygens (including phenoxy) is 4. The van der Waals surface area contributed by atoms with Crippen molar-refractivity contribution >= 4 is 13.8 Å². The predicted octanol–water partition coefficient (Wildman–Crippen LogP) is 4.01. The first-order chi connectivity index (χ1) is 19.7. The Hall–Kier alpha value is -3.22. The minimum Gasteiger partial charge on any atom is -0.464 e. The number of rotatable bonds is 11. The summed E-state index contributed by atoms with van der Waals surface area (Å²) in [5, 5.41) is 0. The van der Waals surface area contributed by atoms with Crippen LogP contribution in [-0.4, -0.2) is 53.3 Å². The van der Waals surface area contributed by atoms with Gasteiger partial charge in [-0.25, -0.2) is 14.3 Å². The summed E-state index contributed by atoms with van der Waals surface area (Å²) in [7, 11) is -2.96. The van der Waals surface area contributed by atoms with Crippen molar-refractivity contribution in [1.29, 1.82) is 0 Å². The number of fused-ring (bicyclic) bond motifs is 1. The summed E-state index contributed by atoms with van der Waals surface area (Å²) in [6.07, 6.45) is -0.607. The molecule has 1 aromatic heterocycles. The van der Waals surface area contributed by atoms with Crippen LogP contribution in [0.4, 0.5) is 0 Å². The van der Waals surface area contributed by atoms with Crippen molar-refractivity contribution in [2.75, 3.05) is 13.7 Å². The standard InChI is InChI=1S/C28H31N2O10P/c1-28(2)39-23-21(38-26(24(23)40-28)30-15-14-29-22(25(30)31)27(32)34-3)18-37-41(33,35-16-19-10-6-4-7-11-19)36-17-20-12-8-5-9-13-20/h4-15,21,23-24,26H,16-18H2,1-3H3/t21-,23+,24+,26-/m1/s1. The SMILES string of the molecule is COC(=O)c1nccn([C@@H]2O[C@H](COP(=O)(OCc3ccccc3)OCc3ccccc3)[C@@H]3OC(C)(C)O[C@@H]32)c1=O. The van der Waals surface area contributed by atoms with Crippen LogP contribution in [-0.2, 0) is 50.3 Å². The number of phosphoric acid groups is 1. The van der Waals surface area contributed by atoms with E-state index in [0.717, 1.165) is 18.2 Å². The van der Waals surface area contributed by atoms with E-state index < -0.39 is 55.4 Å². The van der Waals surface area contributed by atoms with Crippen molar-refractivity contribution in [1.82, 2.24) is 9.55 Å². The van der Waals surface area contributed by atoms with E-state index in [-0.39, 0.29) is 19.8 Å². The summed E-state index contributed by atoms with van der Waals surface area (Å²) in [6, 6.07) is 18.4. The Morgan fingerprint density at radius 3 is 2.12 bits per heavy atom. The minimum absolute atomic E-state index is 0.0114. The van der Waals surface area contributed by atoms with Gasteiger partial charge >= 0.3 is 13.8 Å². The van der Waals surface area contributed by atoms with E-state index in [0.29, 0.717) is 0 Å². The number of methoxy groups -OCH3 is 1. The Balaban J connectivity index is 1.35. The summed E-state index contributed by atoms with van der Waals surface area (Å²) in [6.45, 7) is 3.17. The van der Waals surface area contributed by atoms with Gasteiger partial charge in [-0.3, -0.25) is 22.9 Å². The number of carbonyl (C=O) groups excluding carboxylic acids is 1. The van der Waals surface area contributed by atoms with Gasteiger partial charge in [-0.05, 0) is 25.0 Å². The van der Waals surface area contributed by atoms with Crippen molar-refractivity contribution < 1.29 is 41.9 Å². The molecule has 218 valence electrons. The van der Waals surface area contributed by atoms with Crippen LogP contribution in [0.1, 0.15) is 41.7 Å². The maximum absolute atomic E-state index is 13.8. The second-order valence-corrected chi connectivity index (χ2v) is 11.5. The normalized spacial score (nSPS) is 23.3. The highest BCUT2D eigenvalue weighted by atomic mass is 31.2. The first-order valence-corrected chi connectivity index (χ1v) is 14.4. The smallest absolute Gasteiger partial charge is 0.464 e. The molecule has 3 aromatic rings. The quantitative estimate of drug-likeness (QED) is 0.238. The van der Waals surface area contributed by atoms with E-state index >= 15 is 0 Å². The zero-order chi connectivity index (χ0) is 29.0. The third-order valence-corrected chi connectivity index (χ3v) is 7.86. The van der Waals surface area contributed by atoms with Gasteiger partial charge < -0.3 is 18.9 Å². The lowest BCUT2D eigenvalue weighted by molar-refractivity contribution is -0.200. The van der Waals surface area contributed by atoms with Gasteiger partial charge in [-0.1, -0.05) is 60.7 Å². The van der Waals surface area contributed by atoms with Gasteiger partial charge in [0, 0.05) is 12.4 Å². The van der Waals surface area contributed by atoms with E-state index in [1.165, 1.54) is 17.0 Å². The minimum atomic E-state index is -4.11. The van der Waals surface area contributed by atoms with Crippen LogP contribution in [0, 0.1) is 0 Å². The number of nitrogens with zero attached hydrogens (tertiary/aromatic N) is 2. The second-order valence-electron chi connectivity index (χ2n) is 9.87. The molecule has 5 rings (SSSR count). The molecule has 12 nitrogen and oxygen atoms in total. The van der Waals surface area contributed by atoms with Crippen molar-refractivity contribution in [3.63, 3.8) is 0 Å². The molecule has 0 unspecified atom stereocenters. The highest BCUT2D eigenvalue weighted by Crippen LogP contribution is 2.52. The van der Waals surface area contributed by atoms with Crippen LogP contribution in [0.25, 0.3) is 0 Å². The fourth-order valence-electron chi connectivity index (χ4n) is 4.61. The molecule has 13 heteroatoms. The Labute approximate surface area is 236 Å². The van der Waals surface area contributed by atoms with Gasteiger partial charge in [0.25, 0.3) is 5.56 Å². The molecule has 0 aliphatic carbocycles. The molecule has 41 heavy (non-hydrogen) atoms. The van der Waals surface area contributed by atoms with E-state index in [9.17, 15) is 14.2 Å². The highest BCUT2D eigenvalue weighted by Gasteiger charge is 2.56. The molecule has 0 N–H and O–H groups in total. The van der Waals surface area contributed by atoms with Gasteiger partial charge in [0.1, 0.15) is 18.3 Å². The summed E-state index contributed by atoms with van der Waals surface area (Å²) >= 11 is 0. The van der Waals surface area contributed by atoms with E-state index in [4.69, 9.17) is 27.8 Å². The number of hydrogen-bond acceptors (Lipinski definition) is 11. The fraction of sp³-hybridized carbons (Fsp3) is 0.393. The molecule has 2 saturated heterocycles. The van der Waals surface area contributed by atoms with Gasteiger partial charge in [0.2, 0.25) is 5.69 Å². The Kier molecular flexibility index (Phi) is 8.81. The van der Waals surface area contributed by atoms with E-state index in [2.05, 4.69) is 9.72 Å². The van der Waals surface area contributed by atoms with Gasteiger partial charge in [-0.2, -0.15) is 0 Å². The molecular formula is C28H31N2O10P. The maximum Gasteiger partial charge on any atom is 0.475 e. The highest BCUT2D eigenvalue weighted by molar-refractivity contribution is 7.48. The summed E-state index contributed by atoms with van der Waals surface area (Å²) in [5.41, 5.74) is 0.441. The lowest BCUT2D eigenvalue weighted by atomic mass is 10.1. The number of phosphoric ester groups is 1. The van der Waals surface area contributed by atoms with Crippen molar-refractivity contribution in [2.24, 2.45) is 0 Å². The zero-order valence-corrected chi connectivity index (χ0v) is 23.7. The molecule has 2 aliphatic rings. The first-order valence-electron chi connectivity index (χ1n) is 13.0. The maximum atomic E-state index is 13.8. The molecule has 2 aliphatic heterocycles. The predicted molar refractivity (Wildman–Crippen MR) is 144 cm³/mol. The van der Waals surface area contributed by atoms with Crippen LogP contribution < -0.4 is 5.56 Å². The van der Waals surface area contributed by atoms with Crippen molar-refractivity contribution in [3.05, 3.63) is 100 Å². The topological polar surface area (TPSA) is 134 Å². The van der Waals surface area contributed by atoms with Crippen molar-refractivity contribution in [2.45, 2.75) is 57.4 Å². The average Bonchev–Trinajstić information content (AvgIpc) is 3.47. The molecule has 0 amide bonds.